The second-order valence-corrected chi connectivity index (χ2v) is 8.42. The normalized spacial score (nSPS) is 11.3. The molecule has 0 bridgehead atoms. The van der Waals surface area contributed by atoms with Crippen molar-refractivity contribution in [1.82, 2.24) is 16.0 Å². The summed E-state index contributed by atoms with van der Waals surface area (Å²) in [6, 6.07) is 15.1. The fourth-order valence-electron chi connectivity index (χ4n) is 3.16. The molecule has 0 heterocycles. The molecule has 0 spiro atoms. The molecule has 3 aromatic carbocycles. The average Bonchev–Trinajstić information content (AvgIpc) is 2.84. The third-order valence-corrected chi connectivity index (χ3v) is 5.67. The Bertz CT molecular complexity index is 1310. The Morgan fingerprint density at radius 2 is 1.50 bits per heavy atom. The lowest BCUT2D eigenvalue weighted by Crippen LogP contribution is -2.48. The van der Waals surface area contributed by atoms with E-state index < -0.39 is 36.3 Å². The number of carboxylic acids is 1. The summed E-state index contributed by atoms with van der Waals surface area (Å²) in [5, 5.41) is 26.5. The summed E-state index contributed by atoms with van der Waals surface area (Å²) >= 11 is 12.2. The zero-order valence-electron chi connectivity index (χ0n) is 18.6. The monoisotopic (exact) mass is 529 g/mol. The van der Waals surface area contributed by atoms with Gasteiger partial charge >= 0.3 is 5.97 Å². The highest BCUT2D eigenvalue weighted by atomic mass is 35.5. The van der Waals surface area contributed by atoms with Gasteiger partial charge < -0.3 is 26.2 Å². The number of nitrogens with one attached hydrogen (secondary N) is 3. The van der Waals surface area contributed by atoms with Gasteiger partial charge in [-0.2, -0.15) is 0 Å². The summed E-state index contributed by atoms with van der Waals surface area (Å²) in [6.07, 6.45) is 0. The smallest absolute Gasteiger partial charge is 0.328 e. The molecule has 1 atom stereocenters. The van der Waals surface area contributed by atoms with Crippen molar-refractivity contribution in [3.63, 3.8) is 0 Å². The van der Waals surface area contributed by atoms with E-state index in [1.54, 1.807) is 24.3 Å². The van der Waals surface area contributed by atoms with Crippen LogP contribution in [0.4, 0.5) is 0 Å². The molecule has 0 fully saturated rings. The van der Waals surface area contributed by atoms with Crippen LogP contribution in [-0.2, 0) is 11.3 Å². The third kappa shape index (κ3) is 6.97. The molecule has 3 aromatic rings. The van der Waals surface area contributed by atoms with Crippen LogP contribution >= 0.6 is 23.2 Å². The van der Waals surface area contributed by atoms with Crippen molar-refractivity contribution < 1.29 is 29.4 Å². The number of carboxylic acid groups (broad SMARTS) is 1. The number of amides is 3. The average molecular weight is 530 g/mol. The Kier molecular flexibility index (Phi) is 8.88. The van der Waals surface area contributed by atoms with E-state index in [9.17, 15) is 29.4 Å². The number of phenols is 1. The predicted molar refractivity (Wildman–Crippen MR) is 133 cm³/mol. The van der Waals surface area contributed by atoms with E-state index in [2.05, 4.69) is 16.0 Å². The number of aliphatic carboxylic acids is 1. The summed E-state index contributed by atoms with van der Waals surface area (Å²) in [4.78, 5) is 49.0. The van der Waals surface area contributed by atoms with E-state index in [1.165, 1.54) is 42.5 Å². The van der Waals surface area contributed by atoms with E-state index in [-0.39, 0.29) is 39.0 Å². The maximum absolute atomic E-state index is 12.7. The largest absolute Gasteiger partial charge is 0.508 e. The molecule has 0 saturated carbocycles. The Morgan fingerprint density at radius 1 is 0.778 bits per heavy atom. The van der Waals surface area contributed by atoms with Crippen LogP contribution in [0.3, 0.4) is 0 Å². The first kappa shape index (κ1) is 26.5. The molecule has 36 heavy (non-hydrogen) atoms. The highest BCUT2D eigenvalue weighted by molar-refractivity contribution is 6.34. The van der Waals surface area contributed by atoms with Gasteiger partial charge in [-0.1, -0.05) is 47.5 Å². The van der Waals surface area contributed by atoms with Gasteiger partial charge in [0.15, 0.2) is 0 Å². The quantitative estimate of drug-likeness (QED) is 0.287. The fraction of sp³-hybridized carbons (Fsp3) is 0.120. The predicted octanol–water partition coefficient (Wildman–Crippen LogP) is 3.24. The zero-order chi connectivity index (χ0) is 26.2. The number of hydrogen-bond donors (Lipinski definition) is 5. The summed E-state index contributed by atoms with van der Waals surface area (Å²) in [7, 11) is 0. The third-order valence-electron chi connectivity index (χ3n) is 5.03. The second kappa shape index (κ2) is 12.1. The van der Waals surface area contributed by atoms with E-state index in [1.807, 2.05) is 0 Å². The van der Waals surface area contributed by atoms with Crippen LogP contribution in [0.1, 0.15) is 36.6 Å². The molecule has 0 aliphatic heterocycles. The number of benzene rings is 3. The van der Waals surface area contributed by atoms with Crippen LogP contribution in [-0.4, -0.2) is 46.5 Å². The van der Waals surface area contributed by atoms with Crippen LogP contribution in [0.5, 0.6) is 5.75 Å². The Labute approximate surface area is 216 Å². The standard InChI is InChI=1S/C25H21Cl2N3O6/c26-19-7-2-1-6-17(19)23(33)29-13-21(25(35)36)30-24(34)18-9-8-15(11-20(18)27)22(32)28-12-14-4-3-5-16(31)10-14/h1-11,21,31H,12-13H2,(H,28,32)(H,29,33)(H,30,34)(H,35,36)/t21-/m0/s1. The van der Waals surface area contributed by atoms with Crippen molar-refractivity contribution in [2.75, 3.05) is 6.54 Å². The van der Waals surface area contributed by atoms with Crippen LogP contribution < -0.4 is 16.0 Å². The molecule has 0 aliphatic carbocycles. The molecule has 5 N–H and O–H groups in total. The van der Waals surface area contributed by atoms with Gasteiger partial charge in [0.05, 0.1) is 21.2 Å². The Balaban J connectivity index is 1.61. The molecule has 0 aromatic heterocycles. The minimum absolute atomic E-state index is 0.0510. The Morgan fingerprint density at radius 3 is 2.17 bits per heavy atom. The van der Waals surface area contributed by atoms with E-state index in [0.29, 0.717) is 5.56 Å². The highest BCUT2D eigenvalue weighted by Crippen LogP contribution is 2.19. The van der Waals surface area contributed by atoms with Gasteiger partial charge in [0, 0.05) is 18.7 Å². The van der Waals surface area contributed by atoms with Crippen molar-refractivity contribution in [3.8, 4) is 5.75 Å². The van der Waals surface area contributed by atoms with Crippen molar-refractivity contribution in [3.05, 3.63) is 99.0 Å². The van der Waals surface area contributed by atoms with Crippen LogP contribution in [0, 0.1) is 0 Å². The molecule has 186 valence electrons. The van der Waals surface area contributed by atoms with Gasteiger partial charge in [-0.25, -0.2) is 4.79 Å². The summed E-state index contributed by atoms with van der Waals surface area (Å²) in [6.45, 7) is -0.244. The zero-order valence-corrected chi connectivity index (χ0v) is 20.1. The van der Waals surface area contributed by atoms with Crippen molar-refractivity contribution >= 4 is 46.9 Å². The van der Waals surface area contributed by atoms with Gasteiger partial charge in [-0.15, -0.1) is 0 Å². The molecule has 11 heteroatoms. The number of carbonyl (C=O) groups excluding carboxylic acids is 3. The number of hydrogen-bond acceptors (Lipinski definition) is 5. The summed E-state index contributed by atoms with van der Waals surface area (Å²) in [5.74, 6) is -3.16. The number of aromatic hydroxyl groups is 1. The van der Waals surface area contributed by atoms with Gasteiger partial charge in [-0.05, 0) is 48.0 Å². The van der Waals surface area contributed by atoms with Gasteiger partial charge in [0.2, 0.25) is 0 Å². The van der Waals surface area contributed by atoms with Crippen LogP contribution in [0.2, 0.25) is 10.0 Å². The lowest BCUT2D eigenvalue weighted by molar-refractivity contribution is -0.139. The second-order valence-electron chi connectivity index (χ2n) is 7.60. The topological polar surface area (TPSA) is 145 Å². The Hall–Kier alpha value is -4.08. The van der Waals surface area contributed by atoms with E-state index >= 15 is 0 Å². The fourth-order valence-corrected chi connectivity index (χ4v) is 3.65. The molecular weight excluding hydrogens is 509 g/mol. The van der Waals surface area contributed by atoms with Crippen LogP contribution in [0.25, 0.3) is 0 Å². The number of rotatable bonds is 9. The van der Waals surface area contributed by atoms with Gasteiger partial charge in [0.1, 0.15) is 11.8 Å². The van der Waals surface area contributed by atoms with Gasteiger partial charge in [-0.3, -0.25) is 14.4 Å². The van der Waals surface area contributed by atoms with Crippen molar-refractivity contribution in [2.24, 2.45) is 0 Å². The molecule has 0 radical (unpaired) electrons. The van der Waals surface area contributed by atoms with Gasteiger partial charge in [0.25, 0.3) is 17.7 Å². The minimum atomic E-state index is -1.45. The number of halogens is 2. The molecule has 3 rings (SSSR count). The first-order chi connectivity index (χ1) is 17.2. The summed E-state index contributed by atoms with van der Waals surface area (Å²) in [5.41, 5.74) is 0.978. The highest BCUT2D eigenvalue weighted by Gasteiger charge is 2.23. The maximum Gasteiger partial charge on any atom is 0.328 e. The molecular formula is C25H21Cl2N3O6. The molecule has 0 unspecified atom stereocenters. The first-order valence-electron chi connectivity index (χ1n) is 10.6. The lowest BCUT2D eigenvalue weighted by atomic mass is 10.1. The minimum Gasteiger partial charge on any atom is -0.508 e. The number of phenolic OH excluding ortho intramolecular Hbond substituents is 1. The number of carbonyl (C=O) groups is 4. The lowest BCUT2D eigenvalue weighted by Gasteiger charge is -2.16. The SMILES string of the molecule is O=C(NCc1cccc(O)c1)c1ccc(C(=O)N[C@@H](CNC(=O)c2ccccc2Cl)C(=O)O)c(Cl)c1. The van der Waals surface area contributed by atoms with Crippen molar-refractivity contribution in [2.45, 2.75) is 12.6 Å². The molecule has 3 amide bonds. The molecule has 0 saturated heterocycles. The maximum atomic E-state index is 12.7. The molecule has 9 nitrogen and oxygen atoms in total. The molecule has 0 aliphatic rings. The summed E-state index contributed by atoms with van der Waals surface area (Å²) < 4.78 is 0. The van der Waals surface area contributed by atoms with Crippen molar-refractivity contribution in [1.29, 1.82) is 0 Å². The first-order valence-corrected chi connectivity index (χ1v) is 11.3. The van der Waals surface area contributed by atoms with E-state index in [0.717, 1.165) is 0 Å². The van der Waals surface area contributed by atoms with E-state index in [4.69, 9.17) is 23.2 Å². The van der Waals surface area contributed by atoms with Crippen LogP contribution in [0.15, 0.2) is 66.7 Å².